The van der Waals surface area contributed by atoms with E-state index in [0.717, 1.165) is 31.4 Å². The highest BCUT2D eigenvalue weighted by Crippen LogP contribution is 2.33. The van der Waals surface area contributed by atoms with Gasteiger partial charge in [-0.2, -0.15) is 13.2 Å². The highest BCUT2D eigenvalue weighted by Gasteiger charge is 2.33. The van der Waals surface area contributed by atoms with E-state index < -0.39 is 34.2 Å². The van der Waals surface area contributed by atoms with Gasteiger partial charge < -0.3 is 10.2 Å². The van der Waals surface area contributed by atoms with Crippen LogP contribution in [0.2, 0.25) is 0 Å². The summed E-state index contributed by atoms with van der Waals surface area (Å²) in [7, 11) is -4.42. The molecule has 0 atom stereocenters. The number of likely N-dealkylation sites (tertiary alicyclic amines) is 1. The molecule has 0 saturated carbocycles. The fraction of sp³-hybridized carbons (Fsp3) is 0.259. The van der Waals surface area contributed by atoms with Crippen LogP contribution in [-0.4, -0.2) is 44.8 Å². The van der Waals surface area contributed by atoms with Gasteiger partial charge in [-0.1, -0.05) is 36.4 Å². The normalized spacial score (nSPS) is 14.1. The summed E-state index contributed by atoms with van der Waals surface area (Å²) in [5.74, 6) is -1.08. The van der Waals surface area contributed by atoms with Crippen molar-refractivity contribution in [3.63, 3.8) is 0 Å². The van der Waals surface area contributed by atoms with E-state index in [1.165, 1.54) is 36.4 Å². The number of halogens is 3. The molecule has 1 heterocycles. The zero-order valence-corrected chi connectivity index (χ0v) is 21.1. The Labute approximate surface area is 218 Å². The fourth-order valence-corrected chi connectivity index (χ4v) is 5.67. The largest absolute Gasteiger partial charge is 0.416 e. The van der Waals surface area contributed by atoms with Crippen LogP contribution in [0.25, 0.3) is 0 Å². The van der Waals surface area contributed by atoms with Crippen LogP contribution < -0.4 is 9.62 Å². The van der Waals surface area contributed by atoms with Gasteiger partial charge in [0, 0.05) is 13.1 Å². The lowest BCUT2D eigenvalue weighted by Gasteiger charge is -2.28. The van der Waals surface area contributed by atoms with Crippen molar-refractivity contribution < 1.29 is 31.2 Å². The van der Waals surface area contributed by atoms with Crippen LogP contribution in [-0.2, 0) is 21.0 Å². The zero-order chi connectivity index (χ0) is 27.3. The Balaban J connectivity index is 1.65. The van der Waals surface area contributed by atoms with Crippen molar-refractivity contribution in [2.24, 2.45) is 0 Å². The topological polar surface area (TPSA) is 86.8 Å². The number of anilines is 2. The monoisotopic (exact) mass is 545 g/mol. The van der Waals surface area contributed by atoms with Gasteiger partial charge in [0.05, 0.1) is 27.4 Å². The summed E-state index contributed by atoms with van der Waals surface area (Å²) in [5.41, 5.74) is -0.939. The number of alkyl halides is 3. The van der Waals surface area contributed by atoms with Crippen molar-refractivity contribution in [3.8, 4) is 0 Å². The molecule has 1 fully saturated rings. The molecule has 3 aromatic carbocycles. The van der Waals surface area contributed by atoms with Gasteiger partial charge in [-0.3, -0.25) is 13.9 Å². The summed E-state index contributed by atoms with van der Waals surface area (Å²) in [6, 6.07) is 17.3. The number of benzene rings is 3. The second-order valence-corrected chi connectivity index (χ2v) is 10.7. The van der Waals surface area contributed by atoms with Gasteiger partial charge in [-0.25, -0.2) is 8.42 Å². The molecule has 0 spiro atoms. The number of nitrogens with one attached hydrogen (secondary N) is 1. The number of hydrogen-bond donors (Lipinski definition) is 1. The maximum atomic E-state index is 13.5. The number of hydrogen-bond acceptors (Lipinski definition) is 4. The Kier molecular flexibility index (Phi) is 8.05. The van der Waals surface area contributed by atoms with E-state index in [1.54, 1.807) is 29.2 Å². The van der Waals surface area contributed by atoms with E-state index in [-0.39, 0.29) is 27.7 Å². The maximum Gasteiger partial charge on any atom is 0.416 e. The summed E-state index contributed by atoms with van der Waals surface area (Å²) in [4.78, 5) is 27.7. The molecule has 0 aliphatic carbocycles. The van der Waals surface area contributed by atoms with Crippen molar-refractivity contribution in [1.82, 2.24) is 4.90 Å². The predicted molar refractivity (Wildman–Crippen MR) is 137 cm³/mol. The predicted octanol–water partition coefficient (Wildman–Crippen LogP) is 5.17. The highest BCUT2D eigenvalue weighted by molar-refractivity contribution is 7.92. The molecule has 1 saturated heterocycles. The van der Waals surface area contributed by atoms with Crippen molar-refractivity contribution in [3.05, 3.63) is 90.0 Å². The Morgan fingerprint density at radius 1 is 0.868 bits per heavy atom. The minimum atomic E-state index is -4.71. The average molecular weight is 546 g/mol. The van der Waals surface area contributed by atoms with E-state index in [9.17, 15) is 31.2 Å². The lowest BCUT2D eigenvalue weighted by molar-refractivity contribution is -0.137. The van der Waals surface area contributed by atoms with Crippen LogP contribution in [0.3, 0.4) is 0 Å². The van der Waals surface area contributed by atoms with Crippen LogP contribution in [0, 0.1) is 0 Å². The first-order chi connectivity index (χ1) is 18.1. The van der Waals surface area contributed by atoms with E-state index in [0.29, 0.717) is 23.5 Å². The van der Waals surface area contributed by atoms with Crippen LogP contribution in [0.1, 0.15) is 35.2 Å². The molecule has 1 aliphatic heterocycles. The minimum Gasteiger partial charge on any atom is -0.339 e. The SMILES string of the molecule is O=C(CN(c1cccc(C(F)(F)F)c1)S(=O)(=O)c1ccccc1)Nc1ccccc1C(=O)N1CCCCC1. The van der Waals surface area contributed by atoms with Crippen molar-refractivity contribution in [1.29, 1.82) is 0 Å². The number of carbonyl (C=O) groups is 2. The first kappa shape index (κ1) is 27.2. The fourth-order valence-electron chi connectivity index (χ4n) is 4.24. The van der Waals surface area contributed by atoms with Gasteiger partial charge in [0.2, 0.25) is 5.91 Å². The lowest BCUT2D eigenvalue weighted by atomic mass is 10.1. The van der Waals surface area contributed by atoms with E-state index >= 15 is 0 Å². The first-order valence-electron chi connectivity index (χ1n) is 12.0. The summed E-state index contributed by atoms with van der Waals surface area (Å²) in [5, 5.41) is 2.58. The molecule has 0 bridgehead atoms. The second kappa shape index (κ2) is 11.3. The van der Waals surface area contributed by atoms with Gasteiger partial charge in [0.15, 0.2) is 0 Å². The van der Waals surface area contributed by atoms with Crippen LogP contribution in [0.4, 0.5) is 24.5 Å². The van der Waals surface area contributed by atoms with Crippen LogP contribution >= 0.6 is 0 Å². The third-order valence-corrected chi connectivity index (χ3v) is 7.94. The standard InChI is InChI=1S/C27H26F3N3O4S/c28-27(29,30)20-10-9-11-21(18-20)33(38(36,37)22-12-3-1-4-13-22)19-25(34)31-24-15-6-5-14-23(24)26(35)32-16-7-2-8-17-32/h1,3-6,9-15,18H,2,7-8,16-17,19H2,(H,31,34). The summed E-state index contributed by atoms with van der Waals surface area (Å²) < 4.78 is 67.7. The molecule has 0 aromatic heterocycles. The summed E-state index contributed by atoms with van der Waals surface area (Å²) in [6.45, 7) is 0.379. The number of nitrogens with zero attached hydrogens (tertiary/aromatic N) is 2. The van der Waals surface area contributed by atoms with Gasteiger partial charge >= 0.3 is 6.18 Å². The maximum absolute atomic E-state index is 13.5. The van der Waals surface area contributed by atoms with E-state index in [4.69, 9.17) is 0 Å². The second-order valence-electron chi connectivity index (χ2n) is 8.82. The quantitative estimate of drug-likeness (QED) is 0.444. The van der Waals surface area contributed by atoms with Crippen molar-refractivity contribution in [2.45, 2.75) is 30.3 Å². The van der Waals surface area contributed by atoms with Crippen molar-refractivity contribution >= 4 is 33.2 Å². The molecule has 1 aliphatic rings. The molecule has 4 rings (SSSR count). The molecule has 38 heavy (non-hydrogen) atoms. The molecule has 7 nitrogen and oxygen atoms in total. The van der Waals surface area contributed by atoms with Gasteiger partial charge in [-0.05, 0) is 61.7 Å². The zero-order valence-electron chi connectivity index (χ0n) is 20.3. The molecule has 2 amide bonds. The number of piperidine rings is 1. The first-order valence-corrected chi connectivity index (χ1v) is 13.4. The molecule has 0 unspecified atom stereocenters. The molecule has 11 heteroatoms. The van der Waals surface area contributed by atoms with Gasteiger partial charge in [-0.15, -0.1) is 0 Å². The highest BCUT2D eigenvalue weighted by atomic mass is 32.2. The molecule has 3 aromatic rings. The average Bonchev–Trinajstić information content (AvgIpc) is 2.92. The van der Waals surface area contributed by atoms with Crippen LogP contribution in [0.15, 0.2) is 83.8 Å². The van der Waals surface area contributed by atoms with Crippen molar-refractivity contribution in [2.75, 3.05) is 29.3 Å². The van der Waals surface area contributed by atoms with Gasteiger partial charge in [0.25, 0.3) is 15.9 Å². The van der Waals surface area contributed by atoms with Crippen LogP contribution in [0.5, 0.6) is 0 Å². The Bertz CT molecular complexity index is 1410. The third kappa shape index (κ3) is 6.16. The number of amides is 2. The molecule has 200 valence electrons. The van der Waals surface area contributed by atoms with Gasteiger partial charge in [0.1, 0.15) is 6.54 Å². The summed E-state index contributed by atoms with van der Waals surface area (Å²) >= 11 is 0. The van der Waals surface area contributed by atoms with E-state index in [2.05, 4.69) is 5.32 Å². The van der Waals surface area contributed by atoms with E-state index in [1.807, 2.05) is 0 Å². The Morgan fingerprint density at radius 2 is 1.53 bits per heavy atom. The number of sulfonamides is 1. The molecular weight excluding hydrogens is 519 g/mol. The molecular formula is C27H26F3N3O4S. The smallest absolute Gasteiger partial charge is 0.339 e. The number of rotatable bonds is 7. The summed E-state index contributed by atoms with van der Waals surface area (Å²) in [6.07, 6.45) is -1.93. The number of para-hydroxylation sites is 1. The molecule has 0 radical (unpaired) electrons. The lowest BCUT2D eigenvalue weighted by Crippen LogP contribution is -2.39. The molecule has 1 N–H and O–H groups in total. The number of carbonyl (C=O) groups excluding carboxylic acids is 2. The minimum absolute atomic E-state index is 0.189. The third-order valence-electron chi connectivity index (χ3n) is 6.15. The Hall–Kier alpha value is -3.86. The Morgan fingerprint density at radius 3 is 2.21 bits per heavy atom.